The van der Waals surface area contributed by atoms with E-state index in [9.17, 15) is 18.0 Å². The minimum Gasteiger partial charge on any atom is -0.354 e. The molecule has 0 aliphatic carbocycles. The smallest absolute Gasteiger partial charge is 0.265 e. The van der Waals surface area contributed by atoms with Crippen molar-refractivity contribution in [2.75, 3.05) is 23.9 Å². The summed E-state index contributed by atoms with van der Waals surface area (Å²) in [5, 5.41) is 4.60. The van der Waals surface area contributed by atoms with Crippen LogP contribution in [0.5, 0.6) is 0 Å². The number of hydrogen-bond donors (Lipinski definition) is 1. The quantitative estimate of drug-likeness (QED) is 0.316. The lowest BCUT2D eigenvalue weighted by Gasteiger charge is -2.31. The molecular weight excluding hydrogens is 498 g/mol. The molecule has 4 rings (SSSR count). The van der Waals surface area contributed by atoms with E-state index in [2.05, 4.69) is 12.2 Å². The van der Waals surface area contributed by atoms with E-state index in [1.54, 1.807) is 17.0 Å². The Morgan fingerprint density at radius 2 is 1.68 bits per heavy atom. The van der Waals surface area contributed by atoms with Gasteiger partial charge in [0.15, 0.2) is 0 Å². The Morgan fingerprint density at radius 1 is 0.947 bits per heavy atom. The van der Waals surface area contributed by atoms with Crippen LogP contribution in [0.1, 0.15) is 51.5 Å². The van der Waals surface area contributed by atoms with E-state index >= 15 is 0 Å². The Kier molecular flexibility index (Phi) is 9.05. The number of carbonyl (C=O) groups excluding carboxylic acids is 2. The fourth-order valence-corrected chi connectivity index (χ4v) is 6.87. The average molecular weight is 536 g/mol. The third-order valence-electron chi connectivity index (χ3n) is 7.13. The van der Waals surface area contributed by atoms with Gasteiger partial charge < -0.3 is 10.2 Å². The van der Waals surface area contributed by atoms with E-state index in [0.29, 0.717) is 42.9 Å². The molecule has 3 aromatic rings. The zero-order chi connectivity index (χ0) is 27.1. The maximum Gasteiger partial charge on any atom is 0.265 e. The van der Waals surface area contributed by atoms with Gasteiger partial charge >= 0.3 is 0 Å². The van der Waals surface area contributed by atoms with Gasteiger partial charge in [0, 0.05) is 31.4 Å². The zero-order valence-electron chi connectivity index (χ0n) is 22.2. The minimum absolute atomic E-state index is 0.133. The number of unbranched alkanes of at least 4 members (excludes halogenated alkanes) is 1. The lowest BCUT2D eigenvalue weighted by Crippen LogP contribution is -2.50. The van der Waals surface area contributed by atoms with Crippen LogP contribution >= 0.6 is 0 Å². The van der Waals surface area contributed by atoms with Gasteiger partial charge in [0.25, 0.3) is 10.0 Å². The van der Waals surface area contributed by atoms with E-state index in [1.165, 1.54) is 4.31 Å². The van der Waals surface area contributed by atoms with Gasteiger partial charge in [-0.25, -0.2) is 8.42 Å². The molecule has 0 unspecified atom stereocenters. The number of benzene rings is 3. The molecule has 1 heterocycles. The second kappa shape index (κ2) is 12.4. The molecule has 3 aromatic carbocycles. The summed E-state index contributed by atoms with van der Waals surface area (Å²) in [6.07, 6.45) is 3.54. The van der Waals surface area contributed by atoms with Crippen molar-refractivity contribution < 1.29 is 18.0 Å². The molecule has 8 heteroatoms. The molecule has 38 heavy (non-hydrogen) atoms. The highest BCUT2D eigenvalue weighted by Crippen LogP contribution is 2.42. The van der Waals surface area contributed by atoms with Crippen LogP contribution in [0.2, 0.25) is 0 Å². The number of hydrogen-bond acceptors (Lipinski definition) is 4. The molecule has 1 N–H and O–H groups in total. The Morgan fingerprint density at radius 3 is 2.39 bits per heavy atom. The van der Waals surface area contributed by atoms with Crippen molar-refractivity contribution in [1.29, 1.82) is 0 Å². The molecule has 1 aliphatic heterocycles. The van der Waals surface area contributed by atoms with Crippen LogP contribution in [0.15, 0.2) is 71.6 Å². The Labute approximate surface area is 225 Å². The van der Waals surface area contributed by atoms with Gasteiger partial charge in [0.05, 0.1) is 10.6 Å². The van der Waals surface area contributed by atoms with E-state index < -0.39 is 16.1 Å². The van der Waals surface area contributed by atoms with Crippen LogP contribution in [0.25, 0.3) is 10.8 Å². The molecule has 0 saturated carbocycles. The summed E-state index contributed by atoms with van der Waals surface area (Å²) in [6.45, 7) is 5.20. The summed E-state index contributed by atoms with van der Waals surface area (Å²) in [6, 6.07) is 20.2. The first kappa shape index (κ1) is 27.6. The Bertz CT molecular complexity index is 1370. The van der Waals surface area contributed by atoms with Gasteiger partial charge in [-0.2, -0.15) is 0 Å². The van der Waals surface area contributed by atoms with Crippen LogP contribution in [-0.2, 0) is 26.0 Å². The molecule has 0 spiro atoms. The fraction of sp³-hybridized carbons (Fsp3) is 0.400. The van der Waals surface area contributed by atoms with Crippen molar-refractivity contribution in [3.63, 3.8) is 0 Å². The number of nitrogens with one attached hydrogen (secondary N) is 1. The van der Waals surface area contributed by atoms with Crippen molar-refractivity contribution >= 4 is 38.3 Å². The molecule has 202 valence electrons. The van der Waals surface area contributed by atoms with Gasteiger partial charge in [-0.3, -0.25) is 13.9 Å². The lowest BCUT2D eigenvalue weighted by atomic mass is 10.1. The first-order chi connectivity index (χ1) is 18.4. The number of amides is 2. The molecule has 2 amide bonds. The second-order valence-corrected chi connectivity index (χ2v) is 11.5. The van der Waals surface area contributed by atoms with Gasteiger partial charge in [0.1, 0.15) is 6.04 Å². The molecule has 0 bridgehead atoms. The highest BCUT2D eigenvalue weighted by Gasteiger charge is 2.35. The van der Waals surface area contributed by atoms with Crippen molar-refractivity contribution in [2.45, 2.75) is 63.3 Å². The Balaban J connectivity index is 1.46. The van der Waals surface area contributed by atoms with E-state index in [0.717, 1.165) is 29.2 Å². The van der Waals surface area contributed by atoms with Crippen molar-refractivity contribution in [2.24, 2.45) is 0 Å². The van der Waals surface area contributed by atoms with E-state index in [4.69, 9.17) is 0 Å². The summed E-state index contributed by atoms with van der Waals surface area (Å²) >= 11 is 0. The fourth-order valence-electron chi connectivity index (χ4n) is 5.12. The maximum atomic E-state index is 13.5. The molecular formula is C30H37N3O4S. The minimum atomic E-state index is -3.67. The lowest BCUT2D eigenvalue weighted by molar-refractivity contribution is -0.140. The summed E-state index contributed by atoms with van der Waals surface area (Å²) in [5.41, 5.74) is 1.76. The molecule has 0 saturated heterocycles. The van der Waals surface area contributed by atoms with Gasteiger partial charge in [-0.1, -0.05) is 74.9 Å². The molecule has 0 radical (unpaired) electrons. The Hall–Kier alpha value is -3.39. The van der Waals surface area contributed by atoms with Crippen LogP contribution in [0.4, 0.5) is 5.69 Å². The molecule has 1 aliphatic rings. The standard InChI is InChI=1S/C30H37N3O4S/c1-3-5-20-31-30(35)25(4-2)32(22-19-23-12-7-6-8-13-23)28(34)18-11-21-33-26-16-9-14-24-15-10-17-27(29(24)26)38(33,36)37/h6-10,12-17,25H,3-5,11,18-22H2,1-2H3,(H,31,35)/t25-/m1/s1. The number of sulfonamides is 1. The van der Waals surface area contributed by atoms with Crippen molar-refractivity contribution in [3.05, 3.63) is 72.3 Å². The van der Waals surface area contributed by atoms with E-state index in [1.807, 2.05) is 61.5 Å². The largest absolute Gasteiger partial charge is 0.354 e. The third kappa shape index (κ3) is 5.85. The summed E-state index contributed by atoms with van der Waals surface area (Å²) in [4.78, 5) is 28.5. The molecule has 7 nitrogen and oxygen atoms in total. The van der Waals surface area contributed by atoms with Crippen molar-refractivity contribution in [1.82, 2.24) is 10.2 Å². The predicted molar refractivity (Wildman–Crippen MR) is 152 cm³/mol. The molecule has 0 fully saturated rings. The predicted octanol–water partition coefficient (Wildman–Crippen LogP) is 4.89. The van der Waals surface area contributed by atoms with Gasteiger partial charge in [-0.05, 0) is 48.8 Å². The number of rotatable bonds is 13. The average Bonchev–Trinajstić information content (AvgIpc) is 3.14. The highest BCUT2D eigenvalue weighted by molar-refractivity contribution is 7.93. The van der Waals surface area contributed by atoms with Crippen LogP contribution in [0, 0.1) is 0 Å². The molecule has 0 aromatic heterocycles. The number of anilines is 1. The van der Waals surface area contributed by atoms with Crippen LogP contribution < -0.4 is 9.62 Å². The summed E-state index contributed by atoms with van der Waals surface area (Å²) < 4.78 is 28.0. The van der Waals surface area contributed by atoms with Crippen LogP contribution in [-0.4, -0.2) is 50.8 Å². The maximum absolute atomic E-state index is 13.5. The number of nitrogens with zero attached hydrogens (tertiary/aromatic N) is 2. The number of carbonyl (C=O) groups is 2. The van der Waals surface area contributed by atoms with Gasteiger partial charge in [0.2, 0.25) is 11.8 Å². The molecule has 1 atom stereocenters. The topological polar surface area (TPSA) is 86.8 Å². The first-order valence-electron chi connectivity index (χ1n) is 13.5. The normalized spacial score (nSPS) is 14.4. The van der Waals surface area contributed by atoms with Gasteiger partial charge in [-0.15, -0.1) is 0 Å². The summed E-state index contributed by atoms with van der Waals surface area (Å²) in [7, 11) is -3.67. The van der Waals surface area contributed by atoms with Crippen LogP contribution in [0.3, 0.4) is 0 Å². The summed E-state index contributed by atoms with van der Waals surface area (Å²) in [5.74, 6) is -0.266. The second-order valence-electron chi connectivity index (χ2n) is 9.70. The van der Waals surface area contributed by atoms with Crippen molar-refractivity contribution in [3.8, 4) is 0 Å². The monoisotopic (exact) mass is 535 g/mol. The SMILES string of the molecule is CCCCNC(=O)[C@@H](CC)N(CCc1ccccc1)C(=O)CCCN1c2cccc3cccc(c23)S1(=O)=O. The van der Waals surface area contributed by atoms with E-state index in [-0.39, 0.29) is 24.8 Å². The third-order valence-corrected chi connectivity index (χ3v) is 8.99. The highest BCUT2D eigenvalue weighted by atomic mass is 32.2. The first-order valence-corrected chi connectivity index (χ1v) is 15.0. The zero-order valence-corrected chi connectivity index (χ0v) is 23.0.